The molecule has 1 fully saturated rings. The largest absolute Gasteiger partial charge is 0.383 e. The molecule has 0 radical (unpaired) electrons. The number of carbonyl (C=O) groups is 1. The van der Waals surface area contributed by atoms with Crippen LogP contribution in [0.2, 0.25) is 0 Å². The lowest BCUT2D eigenvalue weighted by molar-refractivity contribution is -0.140. The van der Waals surface area contributed by atoms with Crippen LogP contribution in [0.25, 0.3) is 0 Å². The van der Waals surface area contributed by atoms with Gasteiger partial charge in [0.05, 0.1) is 6.61 Å². The van der Waals surface area contributed by atoms with Gasteiger partial charge in [0.15, 0.2) is 0 Å². The Kier molecular flexibility index (Phi) is 3.53. The molecule has 1 rings (SSSR count). The van der Waals surface area contributed by atoms with Crippen molar-refractivity contribution in [3.8, 4) is 0 Å². The van der Waals surface area contributed by atoms with Gasteiger partial charge in [-0.15, -0.1) is 0 Å². The summed E-state index contributed by atoms with van der Waals surface area (Å²) in [6.45, 7) is 7.28. The van der Waals surface area contributed by atoms with Crippen LogP contribution < -0.4 is 0 Å². The molecule has 0 aromatic rings. The average Bonchev–Trinajstić information content (AvgIpc) is 2.86. The third-order valence-electron chi connectivity index (χ3n) is 2.43. The first-order chi connectivity index (χ1) is 6.46. The molecule has 3 heteroatoms. The van der Waals surface area contributed by atoms with Crippen LogP contribution in [-0.2, 0) is 9.53 Å². The van der Waals surface area contributed by atoms with E-state index in [1.54, 1.807) is 7.11 Å². The first-order valence-corrected chi connectivity index (χ1v) is 5.27. The van der Waals surface area contributed by atoms with Crippen molar-refractivity contribution in [2.24, 2.45) is 5.41 Å². The van der Waals surface area contributed by atoms with E-state index in [0.29, 0.717) is 12.6 Å². The van der Waals surface area contributed by atoms with Gasteiger partial charge in [-0.05, 0) is 12.8 Å². The Labute approximate surface area is 86.4 Å². The van der Waals surface area contributed by atoms with E-state index in [1.165, 1.54) is 0 Å². The standard InChI is InChI=1S/C11H21NO2/c1-11(2,3)10(13)12(7-8-14-4)9-5-6-9/h9H,5-8H2,1-4H3. The normalized spacial score (nSPS) is 16.9. The van der Waals surface area contributed by atoms with Crippen LogP contribution in [-0.4, -0.2) is 37.1 Å². The van der Waals surface area contributed by atoms with E-state index in [1.807, 2.05) is 25.7 Å². The Balaban J connectivity index is 2.53. The van der Waals surface area contributed by atoms with Crippen molar-refractivity contribution >= 4 is 5.91 Å². The molecule has 0 aromatic heterocycles. The van der Waals surface area contributed by atoms with Gasteiger partial charge in [0.2, 0.25) is 5.91 Å². The topological polar surface area (TPSA) is 29.5 Å². The summed E-state index contributed by atoms with van der Waals surface area (Å²) in [5.41, 5.74) is -0.268. The summed E-state index contributed by atoms with van der Waals surface area (Å²) in [6, 6.07) is 0.483. The quantitative estimate of drug-likeness (QED) is 0.689. The molecule has 3 nitrogen and oxygen atoms in total. The fraction of sp³-hybridized carbons (Fsp3) is 0.909. The van der Waals surface area contributed by atoms with Crippen molar-refractivity contribution in [3.63, 3.8) is 0 Å². The van der Waals surface area contributed by atoms with E-state index in [0.717, 1.165) is 19.4 Å². The molecule has 0 bridgehead atoms. The maximum Gasteiger partial charge on any atom is 0.228 e. The van der Waals surface area contributed by atoms with Crippen LogP contribution in [0.5, 0.6) is 0 Å². The van der Waals surface area contributed by atoms with E-state index in [-0.39, 0.29) is 11.3 Å². The molecular formula is C11H21NO2. The smallest absolute Gasteiger partial charge is 0.228 e. The third kappa shape index (κ3) is 2.98. The molecule has 0 N–H and O–H groups in total. The fourth-order valence-corrected chi connectivity index (χ4v) is 1.46. The third-order valence-corrected chi connectivity index (χ3v) is 2.43. The lowest BCUT2D eigenvalue weighted by atomic mass is 9.94. The van der Waals surface area contributed by atoms with Crippen molar-refractivity contribution in [1.82, 2.24) is 4.90 Å². The van der Waals surface area contributed by atoms with Gasteiger partial charge in [-0.2, -0.15) is 0 Å². The molecule has 82 valence electrons. The molecule has 0 atom stereocenters. The van der Waals surface area contributed by atoms with E-state index in [9.17, 15) is 4.79 Å². The lowest BCUT2D eigenvalue weighted by Crippen LogP contribution is -2.42. The molecule has 1 saturated carbocycles. The van der Waals surface area contributed by atoms with Crippen LogP contribution in [0, 0.1) is 5.41 Å². The number of methoxy groups -OCH3 is 1. The highest BCUT2D eigenvalue weighted by Gasteiger charge is 2.36. The Morgan fingerprint density at radius 2 is 2.00 bits per heavy atom. The first-order valence-electron chi connectivity index (χ1n) is 5.27. The van der Waals surface area contributed by atoms with Crippen LogP contribution in [0.3, 0.4) is 0 Å². The molecule has 0 saturated heterocycles. The number of nitrogens with zero attached hydrogens (tertiary/aromatic N) is 1. The van der Waals surface area contributed by atoms with Crippen molar-refractivity contribution < 1.29 is 9.53 Å². The number of amides is 1. The molecule has 0 unspecified atom stereocenters. The highest BCUT2D eigenvalue weighted by Crippen LogP contribution is 2.30. The summed E-state index contributed by atoms with van der Waals surface area (Å²) >= 11 is 0. The predicted octanol–water partition coefficient (Wildman–Crippen LogP) is 1.67. The van der Waals surface area contributed by atoms with Crippen molar-refractivity contribution in [3.05, 3.63) is 0 Å². The van der Waals surface area contributed by atoms with Crippen LogP contribution in [0.15, 0.2) is 0 Å². The van der Waals surface area contributed by atoms with E-state index >= 15 is 0 Å². The second-order valence-electron chi connectivity index (χ2n) is 4.97. The summed E-state index contributed by atoms with van der Waals surface area (Å²) < 4.78 is 5.02. The molecule has 0 aliphatic heterocycles. The Hall–Kier alpha value is -0.570. The van der Waals surface area contributed by atoms with Gasteiger partial charge >= 0.3 is 0 Å². The zero-order valence-electron chi connectivity index (χ0n) is 9.67. The Morgan fingerprint density at radius 1 is 1.43 bits per heavy atom. The minimum absolute atomic E-state index is 0.247. The average molecular weight is 199 g/mol. The van der Waals surface area contributed by atoms with Gasteiger partial charge in [0, 0.05) is 25.1 Å². The molecule has 1 aliphatic carbocycles. The summed E-state index contributed by atoms with van der Waals surface area (Å²) in [5, 5.41) is 0. The zero-order valence-corrected chi connectivity index (χ0v) is 9.67. The molecule has 14 heavy (non-hydrogen) atoms. The van der Waals surface area contributed by atoms with Crippen molar-refractivity contribution in [2.75, 3.05) is 20.3 Å². The van der Waals surface area contributed by atoms with Crippen LogP contribution in [0.4, 0.5) is 0 Å². The monoisotopic (exact) mass is 199 g/mol. The van der Waals surface area contributed by atoms with Crippen LogP contribution in [0.1, 0.15) is 33.6 Å². The molecule has 1 amide bonds. The number of rotatable bonds is 4. The highest BCUT2D eigenvalue weighted by atomic mass is 16.5. The minimum atomic E-state index is -0.268. The summed E-state index contributed by atoms with van der Waals surface area (Å²) in [5.74, 6) is 0.247. The number of hydrogen-bond acceptors (Lipinski definition) is 2. The maximum absolute atomic E-state index is 12.0. The lowest BCUT2D eigenvalue weighted by Gasteiger charge is -2.29. The van der Waals surface area contributed by atoms with Gasteiger partial charge in [0.1, 0.15) is 0 Å². The van der Waals surface area contributed by atoms with Crippen molar-refractivity contribution in [1.29, 1.82) is 0 Å². The fourth-order valence-electron chi connectivity index (χ4n) is 1.46. The van der Waals surface area contributed by atoms with E-state index in [4.69, 9.17) is 4.74 Å². The van der Waals surface area contributed by atoms with Crippen LogP contribution >= 0.6 is 0 Å². The predicted molar refractivity (Wildman–Crippen MR) is 56.1 cm³/mol. The highest BCUT2D eigenvalue weighted by molar-refractivity contribution is 5.82. The van der Waals surface area contributed by atoms with Gasteiger partial charge < -0.3 is 9.64 Å². The molecule has 0 spiro atoms. The van der Waals surface area contributed by atoms with Gasteiger partial charge in [-0.3, -0.25) is 4.79 Å². The molecular weight excluding hydrogens is 178 g/mol. The summed E-state index contributed by atoms with van der Waals surface area (Å²) in [6.07, 6.45) is 2.32. The SMILES string of the molecule is COCCN(C(=O)C(C)(C)C)C1CC1. The zero-order chi connectivity index (χ0) is 10.8. The molecule has 0 aromatic carbocycles. The first kappa shape index (κ1) is 11.5. The molecule has 1 aliphatic rings. The van der Waals surface area contributed by atoms with Gasteiger partial charge in [-0.1, -0.05) is 20.8 Å². The number of ether oxygens (including phenoxy) is 1. The van der Waals surface area contributed by atoms with Gasteiger partial charge in [-0.25, -0.2) is 0 Å². The Morgan fingerprint density at radius 3 is 2.36 bits per heavy atom. The summed E-state index contributed by atoms with van der Waals surface area (Å²) in [7, 11) is 1.67. The van der Waals surface area contributed by atoms with Gasteiger partial charge in [0.25, 0.3) is 0 Å². The minimum Gasteiger partial charge on any atom is -0.383 e. The molecule has 0 heterocycles. The van der Waals surface area contributed by atoms with E-state index < -0.39 is 0 Å². The second kappa shape index (κ2) is 4.30. The Bertz CT molecular complexity index is 204. The summed E-state index contributed by atoms with van der Waals surface area (Å²) in [4.78, 5) is 14.0. The number of hydrogen-bond donors (Lipinski definition) is 0. The van der Waals surface area contributed by atoms with Crippen molar-refractivity contribution in [2.45, 2.75) is 39.7 Å². The number of carbonyl (C=O) groups excluding carboxylic acids is 1. The second-order valence-corrected chi connectivity index (χ2v) is 4.97. The maximum atomic E-state index is 12.0. The van der Waals surface area contributed by atoms with E-state index in [2.05, 4.69) is 0 Å².